The fourth-order valence-electron chi connectivity index (χ4n) is 3.73. The number of nitrogens with one attached hydrogen (secondary N) is 2. The molecule has 2 aromatic carbocycles. The summed E-state index contributed by atoms with van der Waals surface area (Å²) in [6.07, 6.45) is 3.58. The Bertz CT molecular complexity index is 874. The monoisotopic (exact) mass is 382 g/mol. The quantitative estimate of drug-likeness (QED) is 0.685. The number of benzene rings is 2. The van der Waals surface area contributed by atoms with E-state index in [9.17, 15) is 19.5 Å². The minimum atomic E-state index is -0.999. The second kappa shape index (κ2) is 8.87. The van der Waals surface area contributed by atoms with Crippen molar-refractivity contribution in [1.29, 1.82) is 0 Å². The number of hydrogen-bond acceptors (Lipinski definition) is 3. The van der Waals surface area contributed by atoms with E-state index in [0.29, 0.717) is 0 Å². The average Bonchev–Trinajstić information content (AvgIpc) is 3.21. The topological polar surface area (TPSA) is 95.5 Å². The van der Waals surface area contributed by atoms with Crippen LogP contribution in [0, 0.1) is 5.92 Å². The predicted molar refractivity (Wildman–Crippen MR) is 107 cm³/mol. The fourth-order valence-corrected chi connectivity index (χ4v) is 3.73. The van der Waals surface area contributed by atoms with Crippen molar-refractivity contribution in [3.8, 4) is 0 Å². The molecule has 1 fully saturated rings. The molecule has 0 saturated heterocycles. The van der Waals surface area contributed by atoms with E-state index < -0.39 is 18.1 Å². The van der Waals surface area contributed by atoms with Crippen molar-refractivity contribution in [2.45, 2.75) is 51.1 Å². The van der Waals surface area contributed by atoms with Gasteiger partial charge in [-0.25, -0.2) is 0 Å². The maximum atomic E-state index is 12.6. The second-order valence-corrected chi connectivity index (χ2v) is 7.48. The maximum absolute atomic E-state index is 12.6. The molecule has 2 atom stereocenters. The summed E-state index contributed by atoms with van der Waals surface area (Å²) in [5, 5.41) is 16.9. The van der Waals surface area contributed by atoms with Crippen LogP contribution >= 0.6 is 0 Å². The highest BCUT2D eigenvalue weighted by Crippen LogP contribution is 2.25. The van der Waals surface area contributed by atoms with E-state index in [1.165, 1.54) is 0 Å². The Kier molecular flexibility index (Phi) is 6.29. The number of carboxylic acids is 1. The van der Waals surface area contributed by atoms with Crippen LogP contribution in [0.5, 0.6) is 0 Å². The van der Waals surface area contributed by atoms with E-state index in [2.05, 4.69) is 10.6 Å². The molecule has 148 valence electrons. The SMILES string of the molecule is CC(NC(=O)C1CCCC1)C(=O)N[C@@H](CC(=O)O)c1ccc2ccccc2c1. The van der Waals surface area contributed by atoms with Gasteiger partial charge in [0.2, 0.25) is 11.8 Å². The van der Waals surface area contributed by atoms with Crippen LogP contribution in [-0.4, -0.2) is 28.9 Å². The third kappa shape index (κ3) is 4.88. The Hall–Kier alpha value is -2.89. The molecule has 1 aliphatic carbocycles. The first kappa shape index (κ1) is 19.9. The first-order valence-corrected chi connectivity index (χ1v) is 9.75. The van der Waals surface area contributed by atoms with E-state index in [4.69, 9.17) is 0 Å². The van der Waals surface area contributed by atoms with Crippen molar-refractivity contribution < 1.29 is 19.5 Å². The lowest BCUT2D eigenvalue weighted by Crippen LogP contribution is -2.47. The van der Waals surface area contributed by atoms with E-state index in [0.717, 1.165) is 42.0 Å². The standard InChI is InChI=1S/C22H26N2O4/c1-14(23-22(28)16-7-3-4-8-16)21(27)24-19(13-20(25)26)18-11-10-15-6-2-5-9-17(15)12-18/h2,5-6,9-12,14,16,19H,3-4,7-8,13H2,1H3,(H,23,28)(H,24,27)(H,25,26)/t14?,19-/m0/s1. The number of carbonyl (C=O) groups excluding carboxylic acids is 2. The van der Waals surface area contributed by atoms with E-state index in [1.807, 2.05) is 42.5 Å². The van der Waals surface area contributed by atoms with Gasteiger partial charge in [0.1, 0.15) is 6.04 Å². The molecule has 3 rings (SSSR count). The summed E-state index contributed by atoms with van der Waals surface area (Å²) in [7, 11) is 0. The highest BCUT2D eigenvalue weighted by atomic mass is 16.4. The average molecular weight is 382 g/mol. The molecule has 28 heavy (non-hydrogen) atoms. The predicted octanol–water partition coefficient (Wildman–Crippen LogP) is 3.17. The molecule has 0 aliphatic heterocycles. The molecule has 0 bridgehead atoms. The molecule has 6 nitrogen and oxygen atoms in total. The van der Waals surface area contributed by atoms with E-state index in [1.54, 1.807) is 6.92 Å². The van der Waals surface area contributed by atoms with Crippen molar-refractivity contribution in [2.75, 3.05) is 0 Å². The minimum absolute atomic E-state index is 0.0226. The molecular weight excluding hydrogens is 356 g/mol. The van der Waals surface area contributed by atoms with Crippen molar-refractivity contribution in [2.24, 2.45) is 5.92 Å². The summed E-state index contributed by atoms with van der Waals surface area (Å²) in [5.74, 6) is -1.50. The van der Waals surface area contributed by atoms with Crippen LogP contribution in [0.4, 0.5) is 0 Å². The summed E-state index contributed by atoms with van der Waals surface area (Å²) >= 11 is 0. The van der Waals surface area contributed by atoms with Gasteiger partial charge in [-0.2, -0.15) is 0 Å². The molecule has 6 heteroatoms. The van der Waals surface area contributed by atoms with Crippen LogP contribution in [0.1, 0.15) is 50.6 Å². The van der Waals surface area contributed by atoms with Gasteiger partial charge >= 0.3 is 5.97 Å². The highest BCUT2D eigenvalue weighted by molar-refractivity contribution is 5.89. The number of hydrogen-bond donors (Lipinski definition) is 3. The van der Waals surface area contributed by atoms with Gasteiger partial charge in [0, 0.05) is 5.92 Å². The molecule has 1 saturated carbocycles. The third-order valence-corrected chi connectivity index (χ3v) is 5.35. The maximum Gasteiger partial charge on any atom is 0.305 e. The molecule has 3 N–H and O–H groups in total. The van der Waals surface area contributed by atoms with Gasteiger partial charge in [-0.15, -0.1) is 0 Å². The third-order valence-electron chi connectivity index (χ3n) is 5.35. The van der Waals surface area contributed by atoms with Crippen LogP contribution in [0.25, 0.3) is 10.8 Å². The number of aliphatic carboxylic acids is 1. The largest absolute Gasteiger partial charge is 0.481 e. The summed E-state index contributed by atoms with van der Waals surface area (Å²) in [4.78, 5) is 36.2. The zero-order valence-corrected chi connectivity index (χ0v) is 16.0. The Labute approximate surface area is 164 Å². The summed E-state index contributed by atoms with van der Waals surface area (Å²) in [5.41, 5.74) is 0.726. The molecule has 2 aromatic rings. The van der Waals surface area contributed by atoms with Gasteiger partial charge in [-0.05, 0) is 42.2 Å². The molecule has 1 aliphatic rings. The zero-order valence-electron chi connectivity index (χ0n) is 16.0. The van der Waals surface area contributed by atoms with Gasteiger partial charge in [0.25, 0.3) is 0 Å². The van der Waals surface area contributed by atoms with Crippen molar-refractivity contribution >= 4 is 28.6 Å². The first-order valence-electron chi connectivity index (χ1n) is 9.75. The summed E-state index contributed by atoms with van der Waals surface area (Å²) in [6, 6.07) is 12.0. The summed E-state index contributed by atoms with van der Waals surface area (Å²) in [6.45, 7) is 1.63. The van der Waals surface area contributed by atoms with Crippen molar-refractivity contribution in [3.63, 3.8) is 0 Å². The first-order chi connectivity index (χ1) is 13.4. The smallest absolute Gasteiger partial charge is 0.305 e. The summed E-state index contributed by atoms with van der Waals surface area (Å²) < 4.78 is 0. The second-order valence-electron chi connectivity index (χ2n) is 7.48. The van der Waals surface area contributed by atoms with Crippen LogP contribution in [-0.2, 0) is 14.4 Å². The Morgan fingerprint density at radius 1 is 1.04 bits per heavy atom. The number of fused-ring (bicyclic) bond motifs is 1. The molecule has 0 radical (unpaired) electrons. The van der Waals surface area contributed by atoms with Crippen LogP contribution < -0.4 is 10.6 Å². The Morgan fingerprint density at radius 3 is 2.39 bits per heavy atom. The van der Waals surface area contributed by atoms with E-state index in [-0.39, 0.29) is 24.2 Å². The number of carboxylic acid groups (broad SMARTS) is 1. The molecule has 0 aromatic heterocycles. The van der Waals surface area contributed by atoms with Crippen LogP contribution in [0.2, 0.25) is 0 Å². The van der Waals surface area contributed by atoms with Gasteiger partial charge in [-0.1, -0.05) is 49.2 Å². The zero-order chi connectivity index (χ0) is 20.1. The van der Waals surface area contributed by atoms with Gasteiger partial charge in [-0.3, -0.25) is 14.4 Å². The number of amides is 2. The lowest BCUT2D eigenvalue weighted by Gasteiger charge is -2.22. The molecule has 1 unspecified atom stereocenters. The lowest BCUT2D eigenvalue weighted by atomic mass is 9.99. The molecule has 0 spiro atoms. The van der Waals surface area contributed by atoms with Crippen LogP contribution in [0.3, 0.4) is 0 Å². The highest BCUT2D eigenvalue weighted by Gasteiger charge is 2.27. The van der Waals surface area contributed by atoms with Gasteiger partial charge in [0.15, 0.2) is 0 Å². The van der Waals surface area contributed by atoms with Crippen molar-refractivity contribution in [3.05, 3.63) is 48.0 Å². The Balaban J connectivity index is 1.70. The van der Waals surface area contributed by atoms with Gasteiger partial charge < -0.3 is 15.7 Å². The van der Waals surface area contributed by atoms with Crippen molar-refractivity contribution in [1.82, 2.24) is 10.6 Å². The number of carbonyl (C=O) groups is 3. The number of rotatable bonds is 7. The molecule has 0 heterocycles. The fraction of sp³-hybridized carbons (Fsp3) is 0.409. The lowest BCUT2D eigenvalue weighted by molar-refractivity contribution is -0.138. The van der Waals surface area contributed by atoms with Crippen LogP contribution in [0.15, 0.2) is 42.5 Å². The van der Waals surface area contributed by atoms with Gasteiger partial charge in [0.05, 0.1) is 12.5 Å². The minimum Gasteiger partial charge on any atom is -0.481 e. The van der Waals surface area contributed by atoms with E-state index >= 15 is 0 Å². The molecular formula is C22H26N2O4. The molecule has 2 amide bonds. The Morgan fingerprint density at radius 2 is 1.71 bits per heavy atom. The normalized spacial score (nSPS) is 16.5.